The molecular formula is C9H11FN2O. The third-order valence-electron chi connectivity index (χ3n) is 2.19. The van der Waals surface area contributed by atoms with E-state index in [1.807, 2.05) is 0 Å². The summed E-state index contributed by atoms with van der Waals surface area (Å²) in [5, 5.41) is 0. The fourth-order valence-corrected chi connectivity index (χ4v) is 1.52. The van der Waals surface area contributed by atoms with Crippen molar-refractivity contribution < 1.29 is 9.13 Å². The van der Waals surface area contributed by atoms with Crippen LogP contribution in [0.15, 0.2) is 12.1 Å². The number of anilines is 1. The van der Waals surface area contributed by atoms with Crippen molar-refractivity contribution in [2.45, 2.75) is 12.5 Å². The third-order valence-corrected chi connectivity index (χ3v) is 2.19. The Labute approximate surface area is 75.5 Å². The van der Waals surface area contributed by atoms with E-state index in [1.54, 1.807) is 0 Å². The van der Waals surface area contributed by atoms with Gasteiger partial charge in [-0.15, -0.1) is 0 Å². The number of benzene rings is 1. The highest BCUT2D eigenvalue weighted by atomic mass is 19.1. The van der Waals surface area contributed by atoms with Gasteiger partial charge in [-0.2, -0.15) is 0 Å². The van der Waals surface area contributed by atoms with Crippen LogP contribution in [-0.2, 0) is 0 Å². The average Bonchev–Trinajstić information content (AvgIpc) is 2.07. The van der Waals surface area contributed by atoms with Crippen LogP contribution in [0.5, 0.6) is 5.75 Å². The lowest BCUT2D eigenvalue weighted by molar-refractivity contribution is 0.270. The Hall–Kier alpha value is -1.29. The van der Waals surface area contributed by atoms with Crippen molar-refractivity contribution in [3.05, 3.63) is 23.5 Å². The van der Waals surface area contributed by atoms with Crippen LogP contribution in [0.4, 0.5) is 10.1 Å². The number of halogens is 1. The van der Waals surface area contributed by atoms with Crippen molar-refractivity contribution in [2.24, 2.45) is 5.73 Å². The van der Waals surface area contributed by atoms with Gasteiger partial charge in [0.15, 0.2) is 0 Å². The van der Waals surface area contributed by atoms with E-state index >= 15 is 0 Å². The van der Waals surface area contributed by atoms with E-state index in [4.69, 9.17) is 16.2 Å². The van der Waals surface area contributed by atoms with Crippen molar-refractivity contribution in [3.63, 3.8) is 0 Å². The van der Waals surface area contributed by atoms with Crippen LogP contribution in [0.3, 0.4) is 0 Å². The fourth-order valence-electron chi connectivity index (χ4n) is 1.52. The fraction of sp³-hybridized carbons (Fsp3) is 0.333. The number of nitrogens with two attached hydrogens (primary N) is 2. The SMILES string of the molecule is Nc1cc(F)cc2c1OCCC2N. The largest absolute Gasteiger partial charge is 0.491 e. The molecule has 4 N–H and O–H groups in total. The summed E-state index contributed by atoms with van der Waals surface area (Å²) in [5.74, 6) is 0.178. The lowest BCUT2D eigenvalue weighted by atomic mass is 10.0. The Kier molecular flexibility index (Phi) is 1.84. The predicted molar refractivity (Wildman–Crippen MR) is 47.9 cm³/mol. The first-order chi connectivity index (χ1) is 6.18. The number of ether oxygens (including phenoxy) is 1. The van der Waals surface area contributed by atoms with Gasteiger partial charge in [-0.05, 0) is 6.07 Å². The Morgan fingerprint density at radius 1 is 1.46 bits per heavy atom. The maximum atomic E-state index is 12.9. The molecule has 0 spiro atoms. The van der Waals surface area contributed by atoms with Crippen LogP contribution in [0.1, 0.15) is 18.0 Å². The smallest absolute Gasteiger partial charge is 0.147 e. The lowest BCUT2D eigenvalue weighted by Gasteiger charge is -2.23. The molecule has 3 nitrogen and oxygen atoms in total. The summed E-state index contributed by atoms with van der Waals surface area (Å²) in [6.45, 7) is 0.546. The summed E-state index contributed by atoms with van der Waals surface area (Å²) >= 11 is 0. The van der Waals surface area contributed by atoms with Crippen molar-refractivity contribution in [2.75, 3.05) is 12.3 Å². The molecule has 2 rings (SSSR count). The summed E-state index contributed by atoms with van der Waals surface area (Å²) in [7, 11) is 0. The third kappa shape index (κ3) is 1.33. The van der Waals surface area contributed by atoms with E-state index in [9.17, 15) is 4.39 Å². The monoisotopic (exact) mass is 182 g/mol. The first kappa shape index (κ1) is 8.31. The van der Waals surface area contributed by atoms with Crippen molar-refractivity contribution in [1.29, 1.82) is 0 Å². The number of hydrogen-bond donors (Lipinski definition) is 2. The zero-order valence-electron chi connectivity index (χ0n) is 7.09. The van der Waals surface area contributed by atoms with E-state index < -0.39 is 0 Å². The van der Waals surface area contributed by atoms with E-state index in [0.29, 0.717) is 30.0 Å². The molecule has 70 valence electrons. The highest BCUT2D eigenvalue weighted by Gasteiger charge is 2.20. The molecule has 0 saturated heterocycles. The standard InChI is InChI=1S/C9H11FN2O/c10-5-3-6-7(11)1-2-13-9(6)8(12)4-5/h3-4,7H,1-2,11-12H2. The molecule has 0 aliphatic carbocycles. The van der Waals surface area contributed by atoms with E-state index in [1.165, 1.54) is 12.1 Å². The topological polar surface area (TPSA) is 61.3 Å². The summed E-state index contributed by atoms with van der Waals surface area (Å²) < 4.78 is 18.2. The normalized spacial score (nSPS) is 20.6. The Bertz CT molecular complexity index is 341. The van der Waals surface area contributed by atoms with Crippen LogP contribution in [-0.4, -0.2) is 6.61 Å². The molecule has 0 aromatic heterocycles. The van der Waals surface area contributed by atoms with Crippen molar-refractivity contribution >= 4 is 5.69 Å². The molecule has 1 aromatic carbocycles. The Balaban J connectivity index is 2.56. The van der Waals surface area contributed by atoms with Crippen LogP contribution >= 0.6 is 0 Å². The van der Waals surface area contributed by atoms with Gasteiger partial charge >= 0.3 is 0 Å². The minimum absolute atomic E-state index is 0.165. The number of rotatable bonds is 0. The van der Waals surface area contributed by atoms with Gasteiger partial charge in [-0.25, -0.2) is 4.39 Å². The van der Waals surface area contributed by atoms with Gasteiger partial charge < -0.3 is 16.2 Å². The molecule has 4 heteroatoms. The van der Waals surface area contributed by atoms with Gasteiger partial charge in [0, 0.05) is 24.1 Å². The Morgan fingerprint density at radius 2 is 2.23 bits per heavy atom. The quantitative estimate of drug-likeness (QED) is 0.592. The molecule has 1 heterocycles. The second kappa shape index (κ2) is 2.88. The van der Waals surface area contributed by atoms with Crippen molar-refractivity contribution in [3.8, 4) is 5.75 Å². The number of nitrogen functional groups attached to an aromatic ring is 1. The second-order valence-electron chi connectivity index (χ2n) is 3.16. The van der Waals surface area contributed by atoms with Gasteiger partial charge in [-0.3, -0.25) is 0 Å². The van der Waals surface area contributed by atoms with Gasteiger partial charge in [0.2, 0.25) is 0 Å². The summed E-state index contributed by atoms with van der Waals surface area (Å²) in [5.41, 5.74) is 12.4. The number of fused-ring (bicyclic) bond motifs is 1. The van der Waals surface area contributed by atoms with Crippen LogP contribution in [0.25, 0.3) is 0 Å². The van der Waals surface area contributed by atoms with E-state index in [-0.39, 0.29) is 11.9 Å². The molecule has 0 saturated carbocycles. The van der Waals surface area contributed by atoms with Gasteiger partial charge in [0.05, 0.1) is 12.3 Å². The minimum atomic E-state index is -0.364. The summed E-state index contributed by atoms with van der Waals surface area (Å²) in [4.78, 5) is 0. The lowest BCUT2D eigenvalue weighted by Crippen LogP contribution is -2.21. The summed E-state index contributed by atoms with van der Waals surface area (Å²) in [6.07, 6.45) is 0.704. The number of hydrogen-bond acceptors (Lipinski definition) is 3. The van der Waals surface area contributed by atoms with Gasteiger partial charge in [0.1, 0.15) is 11.6 Å². The van der Waals surface area contributed by atoms with E-state index in [2.05, 4.69) is 0 Å². The van der Waals surface area contributed by atoms with Crippen LogP contribution < -0.4 is 16.2 Å². The molecule has 1 atom stereocenters. The summed E-state index contributed by atoms with van der Waals surface area (Å²) in [6, 6.07) is 2.47. The Morgan fingerprint density at radius 3 is 3.00 bits per heavy atom. The second-order valence-corrected chi connectivity index (χ2v) is 3.16. The van der Waals surface area contributed by atoms with Gasteiger partial charge in [0.25, 0.3) is 0 Å². The molecule has 0 fully saturated rings. The minimum Gasteiger partial charge on any atom is -0.491 e. The molecule has 1 aliphatic heterocycles. The first-order valence-electron chi connectivity index (χ1n) is 4.16. The van der Waals surface area contributed by atoms with Crippen molar-refractivity contribution in [1.82, 2.24) is 0 Å². The molecule has 1 unspecified atom stereocenters. The maximum absolute atomic E-state index is 12.9. The zero-order valence-corrected chi connectivity index (χ0v) is 7.09. The average molecular weight is 182 g/mol. The molecule has 13 heavy (non-hydrogen) atoms. The molecule has 0 amide bonds. The zero-order chi connectivity index (χ0) is 9.42. The molecule has 1 aliphatic rings. The molecule has 1 aromatic rings. The molecular weight excluding hydrogens is 171 g/mol. The predicted octanol–water partition coefficient (Wildman–Crippen LogP) is 1.19. The van der Waals surface area contributed by atoms with Crippen LogP contribution in [0, 0.1) is 5.82 Å². The van der Waals surface area contributed by atoms with Crippen LogP contribution in [0.2, 0.25) is 0 Å². The first-order valence-corrected chi connectivity index (χ1v) is 4.16. The highest BCUT2D eigenvalue weighted by Crippen LogP contribution is 2.35. The highest BCUT2D eigenvalue weighted by molar-refractivity contribution is 5.58. The molecule has 0 radical (unpaired) electrons. The van der Waals surface area contributed by atoms with E-state index in [0.717, 1.165) is 0 Å². The molecule has 0 bridgehead atoms. The van der Waals surface area contributed by atoms with Gasteiger partial charge in [-0.1, -0.05) is 0 Å². The maximum Gasteiger partial charge on any atom is 0.147 e.